The Bertz CT molecular complexity index is 881. The first-order valence-corrected chi connectivity index (χ1v) is 9.51. The summed E-state index contributed by atoms with van der Waals surface area (Å²) in [6.07, 6.45) is 3.84. The normalized spacial score (nSPS) is 23.3. The molecule has 2 heterocycles. The zero-order valence-electron chi connectivity index (χ0n) is 15.9. The maximum Gasteiger partial charge on any atom is 0.325 e. The number of benzene rings is 1. The van der Waals surface area contributed by atoms with Crippen LogP contribution >= 0.6 is 0 Å². The second-order valence-electron chi connectivity index (χ2n) is 7.52. The molecule has 0 unspecified atom stereocenters. The molecule has 154 valence electrons. The van der Waals surface area contributed by atoms with Crippen molar-refractivity contribution in [3.05, 3.63) is 23.8 Å². The van der Waals surface area contributed by atoms with E-state index in [1.54, 1.807) is 25.1 Å². The quantitative estimate of drug-likeness (QED) is 0.644. The van der Waals surface area contributed by atoms with Crippen LogP contribution < -0.4 is 25.4 Å². The van der Waals surface area contributed by atoms with Gasteiger partial charge in [-0.2, -0.15) is 0 Å². The third-order valence-electron chi connectivity index (χ3n) is 5.47. The maximum absolute atomic E-state index is 12.9. The van der Waals surface area contributed by atoms with Gasteiger partial charge in [0.25, 0.3) is 5.91 Å². The van der Waals surface area contributed by atoms with Gasteiger partial charge in [-0.1, -0.05) is 18.9 Å². The van der Waals surface area contributed by atoms with E-state index < -0.39 is 36.0 Å². The van der Waals surface area contributed by atoms with Gasteiger partial charge in [-0.15, -0.1) is 0 Å². The second-order valence-corrected chi connectivity index (χ2v) is 7.52. The van der Waals surface area contributed by atoms with Crippen LogP contribution in [0.4, 0.5) is 9.59 Å². The Balaban J connectivity index is 1.41. The fourth-order valence-corrected chi connectivity index (χ4v) is 3.85. The van der Waals surface area contributed by atoms with Crippen molar-refractivity contribution in [2.24, 2.45) is 0 Å². The number of hydrogen-bond donors (Lipinski definition) is 3. The van der Waals surface area contributed by atoms with E-state index in [0.717, 1.165) is 30.6 Å². The lowest BCUT2D eigenvalue weighted by atomic mass is 9.91. The average Bonchev–Trinajstić information content (AvgIpc) is 3.39. The molecule has 1 aromatic rings. The highest BCUT2D eigenvalue weighted by molar-refractivity contribution is 6.10. The van der Waals surface area contributed by atoms with Gasteiger partial charge in [0, 0.05) is 6.04 Å². The van der Waals surface area contributed by atoms with Crippen LogP contribution in [0.25, 0.3) is 0 Å². The number of carbonyl (C=O) groups is 4. The third kappa shape index (κ3) is 3.57. The van der Waals surface area contributed by atoms with Crippen molar-refractivity contribution in [3.63, 3.8) is 0 Å². The molecule has 3 N–H and O–H groups in total. The largest absolute Gasteiger partial charge is 0.454 e. The number of ether oxygens (including phenoxy) is 2. The van der Waals surface area contributed by atoms with Crippen LogP contribution in [0.15, 0.2) is 18.2 Å². The first-order valence-electron chi connectivity index (χ1n) is 9.51. The lowest BCUT2D eigenvalue weighted by Crippen LogP contribution is -2.48. The summed E-state index contributed by atoms with van der Waals surface area (Å²) in [6.45, 7) is 1.09. The van der Waals surface area contributed by atoms with Crippen LogP contribution in [-0.4, -0.2) is 48.2 Å². The molecule has 1 atom stereocenters. The molecule has 6 amide bonds. The molecule has 1 saturated carbocycles. The zero-order valence-corrected chi connectivity index (χ0v) is 15.9. The van der Waals surface area contributed by atoms with Crippen LogP contribution in [0.3, 0.4) is 0 Å². The molecule has 0 aromatic heterocycles. The number of nitrogens with zero attached hydrogens (tertiary/aromatic N) is 1. The minimum atomic E-state index is -1.36. The molecule has 3 aliphatic rings. The molecule has 0 bridgehead atoms. The van der Waals surface area contributed by atoms with E-state index in [1.807, 2.05) is 0 Å². The van der Waals surface area contributed by atoms with Gasteiger partial charge in [0.1, 0.15) is 12.1 Å². The van der Waals surface area contributed by atoms with Gasteiger partial charge >= 0.3 is 12.1 Å². The van der Waals surface area contributed by atoms with E-state index >= 15 is 0 Å². The van der Waals surface area contributed by atoms with E-state index in [0.29, 0.717) is 17.1 Å². The van der Waals surface area contributed by atoms with Crippen LogP contribution in [0.5, 0.6) is 11.5 Å². The lowest BCUT2D eigenvalue weighted by Gasteiger charge is -2.22. The van der Waals surface area contributed by atoms with Crippen LogP contribution in [-0.2, 0) is 15.1 Å². The molecule has 2 aliphatic heterocycles. The molecule has 2 fully saturated rings. The topological polar surface area (TPSA) is 126 Å². The van der Waals surface area contributed by atoms with Gasteiger partial charge in [-0.25, -0.2) is 9.59 Å². The average molecular weight is 402 g/mol. The molecular formula is C19H22N4O6. The van der Waals surface area contributed by atoms with Gasteiger partial charge in [0.2, 0.25) is 12.7 Å². The van der Waals surface area contributed by atoms with Crippen LogP contribution in [0.1, 0.15) is 38.2 Å². The summed E-state index contributed by atoms with van der Waals surface area (Å²) in [7, 11) is 0. The Morgan fingerprint density at radius 2 is 1.93 bits per heavy atom. The summed E-state index contributed by atoms with van der Waals surface area (Å²) in [4.78, 5) is 50.2. The summed E-state index contributed by atoms with van der Waals surface area (Å²) in [5.41, 5.74) is -0.855. The Labute approximate surface area is 166 Å². The van der Waals surface area contributed by atoms with E-state index in [2.05, 4.69) is 16.0 Å². The van der Waals surface area contributed by atoms with Gasteiger partial charge in [0.05, 0.1) is 0 Å². The van der Waals surface area contributed by atoms with Crippen molar-refractivity contribution in [1.29, 1.82) is 0 Å². The van der Waals surface area contributed by atoms with Crippen molar-refractivity contribution in [2.45, 2.75) is 44.2 Å². The molecule has 0 spiro atoms. The SMILES string of the molecule is C[C@@]1(c2ccc3c(c2)OCO3)NC(=O)N(CC(=O)NC(=O)NC2CCCC2)C1=O. The van der Waals surface area contributed by atoms with E-state index in [-0.39, 0.29) is 12.8 Å². The Morgan fingerprint density at radius 1 is 1.21 bits per heavy atom. The van der Waals surface area contributed by atoms with Gasteiger partial charge in [-0.05, 0) is 37.5 Å². The van der Waals surface area contributed by atoms with Crippen molar-refractivity contribution < 1.29 is 28.7 Å². The fraction of sp³-hybridized carbons (Fsp3) is 0.474. The predicted octanol–water partition coefficient (Wildman–Crippen LogP) is 0.951. The van der Waals surface area contributed by atoms with E-state index in [1.165, 1.54) is 0 Å². The fourth-order valence-electron chi connectivity index (χ4n) is 3.85. The highest BCUT2D eigenvalue weighted by Crippen LogP contribution is 2.37. The van der Waals surface area contributed by atoms with Crippen molar-refractivity contribution in [3.8, 4) is 11.5 Å². The molecular weight excluding hydrogens is 380 g/mol. The first-order chi connectivity index (χ1) is 13.9. The number of amides is 6. The number of hydrogen-bond acceptors (Lipinski definition) is 6. The van der Waals surface area contributed by atoms with Gasteiger partial charge in [0.15, 0.2) is 11.5 Å². The van der Waals surface area contributed by atoms with Gasteiger partial charge < -0.3 is 20.1 Å². The lowest BCUT2D eigenvalue weighted by molar-refractivity contribution is -0.134. The van der Waals surface area contributed by atoms with Crippen LogP contribution in [0.2, 0.25) is 0 Å². The highest BCUT2D eigenvalue weighted by atomic mass is 16.7. The van der Waals surface area contributed by atoms with Crippen LogP contribution in [0, 0.1) is 0 Å². The van der Waals surface area contributed by atoms with Crippen molar-refractivity contribution >= 4 is 23.9 Å². The maximum atomic E-state index is 12.9. The minimum absolute atomic E-state index is 0.0498. The molecule has 10 heteroatoms. The summed E-state index contributed by atoms with van der Waals surface area (Å²) in [6, 6.07) is 3.66. The summed E-state index contributed by atoms with van der Waals surface area (Å²) in [5.74, 6) is -0.296. The second kappa shape index (κ2) is 7.26. The third-order valence-corrected chi connectivity index (χ3v) is 5.47. The monoisotopic (exact) mass is 402 g/mol. The molecule has 29 heavy (non-hydrogen) atoms. The molecule has 1 aromatic carbocycles. The zero-order chi connectivity index (χ0) is 20.6. The number of urea groups is 2. The minimum Gasteiger partial charge on any atom is -0.454 e. The molecule has 1 aliphatic carbocycles. The Hall–Kier alpha value is -3.30. The smallest absolute Gasteiger partial charge is 0.325 e. The Kier molecular flexibility index (Phi) is 4.77. The number of fused-ring (bicyclic) bond motifs is 1. The van der Waals surface area contributed by atoms with E-state index in [4.69, 9.17) is 9.47 Å². The van der Waals surface area contributed by atoms with E-state index in [9.17, 15) is 19.2 Å². The van der Waals surface area contributed by atoms with Crippen molar-refractivity contribution in [2.75, 3.05) is 13.3 Å². The predicted molar refractivity (Wildman–Crippen MR) is 99.1 cm³/mol. The summed E-state index contributed by atoms with van der Waals surface area (Å²) in [5, 5.41) is 7.51. The summed E-state index contributed by atoms with van der Waals surface area (Å²) >= 11 is 0. The molecule has 1 saturated heterocycles. The first kappa shape index (κ1) is 19.0. The molecule has 10 nitrogen and oxygen atoms in total. The molecule has 4 rings (SSSR count). The number of imide groups is 2. The summed E-state index contributed by atoms with van der Waals surface area (Å²) < 4.78 is 10.6. The Morgan fingerprint density at radius 3 is 2.69 bits per heavy atom. The number of nitrogens with one attached hydrogen (secondary N) is 3. The standard InChI is InChI=1S/C19H22N4O6/c1-19(11-6-7-13-14(8-11)29-10-28-13)16(25)23(18(27)22-19)9-15(24)21-17(26)20-12-4-2-3-5-12/h6-8,12H,2-5,9-10H2,1H3,(H,22,27)(H2,20,21,24,26)/t19-/m0/s1. The highest BCUT2D eigenvalue weighted by Gasteiger charge is 2.50. The molecule has 0 radical (unpaired) electrons. The number of rotatable bonds is 4. The van der Waals surface area contributed by atoms with Gasteiger partial charge in [-0.3, -0.25) is 19.8 Å². The van der Waals surface area contributed by atoms with Crippen molar-refractivity contribution in [1.82, 2.24) is 20.9 Å². The number of carbonyl (C=O) groups excluding carboxylic acids is 4.